The maximum Gasteiger partial charge on any atom is 0.220 e. The Morgan fingerprint density at radius 3 is 2.94 bits per heavy atom. The quantitative estimate of drug-likeness (QED) is 0.783. The Bertz CT molecular complexity index is 307. The summed E-state index contributed by atoms with van der Waals surface area (Å²) in [6.07, 6.45) is 2.72. The Morgan fingerprint density at radius 1 is 1.47 bits per heavy atom. The van der Waals surface area contributed by atoms with Gasteiger partial charge in [0.15, 0.2) is 5.17 Å². The molecule has 0 radical (unpaired) electrons. The number of nitrogens with zero attached hydrogens (tertiary/aromatic N) is 1. The van der Waals surface area contributed by atoms with Gasteiger partial charge in [0, 0.05) is 24.8 Å². The maximum atomic E-state index is 11.1. The van der Waals surface area contributed by atoms with Gasteiger partial charge >= 0.3 is 0 Å². The van der Waals surface area contributed by atoms with E-state index in [0.29, 0.717) is 24.4 Å². The highest BCUT2D eigenvalue weighted by molar-refractivity contribution is 8.13. The summed E-state index contributed by atoms with van der Waals surface area (Å²) in [4.78, 5) is 15.8. The minimum Gasteiger partial charge on any atom is -0.360 e. The summed E-state index contributed by atoms with van der Waals surface area (Å²) < 4.78 is 0. The lowest BCUT2D eigenvalue weighted by Gasteiger charge is -2.28. The van der Waals surface area contributed by atoms with Crippen LogP contribution in [0.4, 0.5) is 0 Å². The van der Waals surface area contributed by atoms with E-state index in [9.17, 15) is 4.79 Å². The predicted molar refractivity (Wildman–Crippen MR) is 72.3 cm³/mol. The fourth-order valence-electron chi connectivity index (χ4n) is 2.12. The molecule has 2 rings (SSSR count). The summed E-state index contributed by atoms with van der Waals surface area (Å²) in [5, 5.41) is 7.42. The zero-order valence-corrected chi connectivity index (χ0v) is 11.3. The van der Waals surface area contributed by atoms with E-state index < -0.39 is 0 Å². The zero-order chi connectivity index (χ0) is 12.3. The molecule has 0 aliphatic carbocycles. The monoisotopic (exact) mass is 255 g/mol. The number of amidine groups is 1. The lowest BCUT2D eigenvalue weighted by atomic mass is 10.0. The first-order valence-corrected chi connectivity index (χ1v) is 7.37. The molecule has 0 aromatic rings. The van der Waals surface area contributed by atoms with Crippen LogP contribution < -0.4 is 10.6 Å². The molecule has 0 spiro atoms. The molecule has 17 heavy (non-hydrogen) atoms. The molecule has 1 fully saturated rings. The number of piperidine rings is 1. The van der Waals surface area contributed by atoms with Gasteiger partial charge in [-0.2, -0.15) is 0 Å². The summed E-state index contributed by atoms with van der Waals surface area (Å²) in [6, 6.07) is 0.807. The van der Waals surface area contributed by atoms with Crippen LogP contribution in [0, 0.1) is 5.92 Å². The van der Waals surface area contributed by atoms with E-state index in [1.165, 1.54) is 6.42 Å². The van der Waals surface area contributed by atoms with Crippen molar-refractivity contribution in [3.8, 4) is 0 Å². The molecule has 2 aliphatic heterocycles. The first-order valence-electron chi connectivity index (χ1n) is 6.39. The van der Waals surface area contributed by atoms with Crippen LogP contribution in [0.3, 0.4) is 0 Å². The zero-order valence-electron chi connectivity index (χ0n) is 10.5. The van der Waals surface area contributed by atoms with Crippen LogP contribution in [0.25, 0.3) is 0 Å². The molecule has 5 heteroatoms. The number of amides is 1. The average molecular weight is 255 g/mol. The second-order valence-electron chi connectivity index (χ2n) is 5.07. The van der Waals surface area contributed by atoms with Crippen molar-refractivity contribution in [2.24, 2.45) is 10.9 Å². The van der Waals surface area contributed by atoms with E-state index in [2.05, 4.69) is 24.5 Å². The van der Waals surface area contributed by atoms with Gasteiger partial charge < -0.3 is 10.6 Å². The number of carbonyl (C=O) groups excluding carboxylic acids is 1. The van der Waals surface area contributed by atoms with Crippen LogP contribution in [0.5, 0.6) is 0 Å². The largest absolute Gasteiger partial charge is 0.360 e. The van der Waals surface area contributed by atoms with Crippen LogP contribution in [-0.2, 0) is 4.79 Å². The maximum absolute atomic E-state index is 11.1. The molecule has 0 bridgehead atoms. The fraction of sp³-hybridized carbons (Fsp3) is 0.833. The van der Waals surface area contributed by atoms with Crippen molar-refractivity contribution < 1.29 is 4.79 Å². The Kier molecular flexibility index (Phi) is 4.31. The van der Waals surface area contributed by atoms with Gasteiger partial charge in [0.05, 0.1) is 6.04 Å². The van der Waals surface area contributed by atoms with Gasteiger partial charge in [0.1, 0.15) is 0 Å². The Hall–Kier alpha value is -0.710. The Balaban J connectivity index is 1.87. The van der Waals surface area contributed by atoms with Crippen LogP contribution >= 0.6 is 11.8 Å². The molecular formula is C12H21N3OS. The molecule has 2 aliphatic rings. The van der Waals surface area contributed by atoms with Gasteiger partial charge in [-0.25, -0.2) is 0 Å². The molecule has 0 aromatic carbocycles. The van der Waals surface area contributed by atoms with Crippen molar-refractivity contribution >= 4 is 22.8 Å². The second-order valence-corrected chi connectivity index (χ2v) is 6.15. The smallest absolute Gasteiger partial charge is 0.220 e. The van der Waals surface area contributed by atoms with E-state index in [0.717, 1.165) is 23.9 Å². The number of aliphatic imine (C=N–C) groups is 1. The normalized spacial score (nSPS) is 29.8. The number of carbonyl (C=O) groups is 1. The SMILES string of the molecule is CC(C)C1CCSC(NC2CCC(=O)NC2)=N1. The number of thioether (sulfide) groups is 1. The summed E-state index contributed by atoms with van der Waals surface area (Å²) in [5.74, 6) is 1.92. The lowest BCUT2D eigenvalue weighted by molar-refractivity contribution is -0.122. The van der Waals surface area contributed by atoms with Gasteiger partial charge in [-0.1, -0.05) is 25.6 Å². The average Bonchev–Trinajstić information content (AvgIpc) is 2.32. The molecule has 2 unspecified atom stereocenters. The molecule has 2 heterocycles. The number of hydrogen-bond acceptors (Lipinski definition) is 4. The summed E-state index contributed by atoms with van der Waals surface area (Å²) in [7, 11) is 0. The predicted octanol–water partition coefficient (Wildman–Crippen LogP) is 1.37. The van der Waals surface area contributed by atoms with E-state index >= 15 is 0 Å². The molecule has 96 valence electrons. The Labute approximate surface area is 107 Å². The van der Waals surface area contributed by atoms with Gasteiger partial charge in [0.2, 0.25) is 5.91 Å². The first kappa shape index (κ1) is 12.7. The lowest BCUT2D eigenvalue weighted by Crippen LogP contribution is -2.47. The molecule has 0 saturated carbocycles. The van der Waals surface area contributed by atoms with Gasteiger partial charge in [0.25, 0.3) is 0 Å². The van der Waals surface area contributed by atoms with Gasteiger partial charge in [-0.05, 0) is 18.8 Å². The molecule has 4 nitrogen and oxygen atoms in total. The minimum absolute atomic E-state index is 0.168. The van der Waals surface area contributed by atoms with Crippen molar-refractivity contribution in [2.75, 3.05) is 12.3 Å². The highest BCUT2D eigenvalue weighted by Crippen LogP contribution is 2.22. The minimum atomic E-state index is 0.168. The van der Waals surface area contributed by atoms with Crippen molar-refractivity contribution in [2.45, 2.75) is 45.2 Å². The third-order valence-electron chi connectivity index (χ3n) is 3.30. The molecule has 2 atom stereocenters. The summed E-state index contributed by atoms with van der Waals surface area (Å²) >= 11 is 1.80. The molecule has 2 N–H and O–H groups in total. The molecule has 0 aromatic heterocycles. The number of hydrogen-bond donors (Lipinski definition) is 2. The number of nitrogens with one attached hydrogen (secondary N) is 2. The van der Waals surface area contributed by atoms with Crippen LogP contribution in [0.1, 0.15) is 33.1 Å². The van der Waals surface area contributed by atoms with Gasteiger partial charge in [-0.3, -0.25) is 9.79 Å². The standard InChI is InChI=1S/C12H21N3OS/c1-8(2)10-5-6-17-12(15-10)14-9-3-4-11(16)13-7-9/h8-10H,3-7H2,1-2H3,(H,13,16)(H,14,15). The molecule has 1 saturated heterocycles. The highest BCUT2D eigenvalue weighted by atomic mass is 32.2. The topological polar surface area (TPSA) is 53.5 Å². The van der Waals surface area contributed by atoms with Crippen LogP contribution in [0.15, 0.2) is 4.99 Å². The number of rotatable bonds is 2. The molecule has 1 amide bonds. The van der Waals surface area contributed by atoms with E-state index in [-0.39, 0.29) is 5.91 Å². The first-order chi connectivity index (χ1) is 8.15. The van der Waals surface area contributed by atoms with Crippen molar-refractivity contribution in [3.63, 3.8) is 0 Å². The van der Waals surface area contributed by atoms with Gasteiger partial charge in [-0.15, -0.1) is 0 Å². The van der Waals surface area contributed by atoms with Crippen molar-refractivity contribution in [1.29, 1.82) is 0 Å². The van der Waals surface area contributed by atoms with E-state index in [1.807, 2.05) is 0 Å². The fourth-order valence-corrected chi connectivity index (χ4v) is 3.13. The van der Waals surface area contributed by atoms with E-state index in [1.54, 1.807) is 11.8 Å². The van der Waals surface area contributed by atoms with Crippen molar-refractivity contribution in [3.05, 3.63) is 0 Å². The van der Waals surface area contributed by atoms with Crippen LogP contribution in [0.2, 0.25) is 0 Å². The summed E-state index contributed by atoms with van der Waals surface area (Å²) in [5.41, 5.74) is 0. The second kappa shape index (κ2) is 5.76. The van der Waals surface area contributed by atoms with E-state index in [4.69, 9.17) is 4.99 Å². The third-order valence-corrected chi connectivity index (χ3v) is 4.23. The van der Waals surface area contributed by atoms with Crippen LogP contribution in [-0.4, -0.2) is 35.5 Å². The highest BCUT2D eigenvalue weighted by Gasteiger charge is 2.22. The summed E-state index contributed by atoms with van der Waals surface area (Å²) in [6.45, 7) is 5.18. The Morgan fingerprint density at radius 2 is 2.29 bits per heavy atom. The molecular weight excluding hydrogens is 234 g/mol. The van der Waals surface area contributed by atoms with Crippen molar-refractivity contribution in [1.82, 2.24) is 10.6 Å². The third kappa shape index (κ3) is 3.63.